The molecule has 2 aromatic rings. The van der Waals surface area contributed by atoms with Crippen molar-refractivity contribution >= 4 is 53.1 Å². The highest BCUT2D eigenvalue weighted by molar-refractivity contribution is 14.0. The van der Waals surface area contributed by atoms with Crippen LogP contribution in [0, 0.1) is 6.92 Å². The second kappa shape index (κ2) is 13.9. The van der Waals surface area contributed by atoms with E-state index >= 15 is 0 Å². The van der Waals surface area contributed by atoms with Gasteiger partial charge in [-0.15, -0.1) is 35.3 Å². The molecule has 2 rings (SSSR count). The Labute approximate surface area is 209 Å². The maximum absolute atomic E-state index is 12.2. The fourth-order valence-corrected chi connectivity index (χ4v) is 3.58. The molecule has 1 amide bonds. The molecule has 11 heteroatoms. The molecule has 1 aromatic heterocycles. The highest BCUT2D eigenvalue weighted by Crippen LogP contribution is 2.24. The van der Waals surface area contributed by atoms with Crippen molar-refractivity contribution in [2.45, 2.75) is 33.4 Å². The summed E-state index contributed by atoms with van der Waals surface area (Å²) in [5.74, 6) is 0.691. The first-order valence-corrected chi connectivity index (χ1v) is 10.7. The van der Waals surface area contributed by atoms with Gasteiger partial charge in [-0.2, -0.15) is 0 Å². The van der Waals surface area contributed by atoms with Crippen LogP contribution in [0.3, 0.4) is 0 Å². The van der Waals surface area contributed by atoms with E-state index in [1.807, 2.05) is 31.2 Å². The Morgan fingerprint density at radius 2 is 1.91 bits per heavy atom. The number of nitrogens with one attached hydrogen (secondary N) is 3. The highest BCUT2D eigenvalue weighted by atomic mass is 127. The highest BCUT2D eigenvalue weighted by Gasteiger charge is 2.20. The molecule has 0 aliphatic heterocycles. The van der Waals surface area contributed by atoms with E-state index in [4.69, 9.17) is 9.47 Å². The number of amides is 1. The monoisotopic (exact) mass is 575 g/mol. The molecular formula is C21H30IN5O4S. The fourth-order valence-electron chi connectivity index (χ4n) is 2.62. The minimum Gasteiger partial charge on any atom is -0.497 e. The van der Waals surface area contributed by atoms with Crippen LogP contribution < -0.4 is 20.7 Å². The predicted octanol–water partition coefficient (Wildman–Crippen LogP) is 2.80. The molecule has 0 radical (unpaired) electrons. The van der Waals surface area contributed by atoms with Crippen LogP contribution in [0.4, 0.5) is 0 Å². The quantitative estimate of drug-likeness (QED) is 0.182. The van der Waals surface area contributed by atoms with Crippen molar-refractivity contribution < 1.29 is 19.1 Å². The lowest BCUT2D eigenvalue weighted by atomic mass is 10.2. The summed E-state index contributed by atoms with van der Waals surface area (Å²) in [6.07, 6.45) is 0. The number of rotatable bonds is 9. The van der Waals surface area contributed by atoms with E-state index in [9.17, 15) is 9.59 Å². The van der Waals surface area contributed by atoms with E-state index in [2.05, 4.69) is 25.9 Å². The van der Waals surface area contributed by atoms with E-state index in [1.165, 1.54) is 11.3 Å². The first kappa shape index (κ1) is 27.6. The molecule has 32 heavy (non-hydrogen) atoms. The Kier molecular flexibility index (Phi) is 12.0. The number of carbonyl (C=O) groups excluding carboxylic acids is 2. The van der Waals surface area contributed by atoms with Gasteiger partial charge in [0.05, 0.1) is 32.0 Å². The Hall–Kier alpha value is -2.41. The number of carbonyl (C=O) groups is 2. The smallest absolute Gasteiger partial charge is 0.350 e. The Balaban J connectivity index is 0.00000512. The fraction of sp³-hybridized carbons (Fsp3) is 0.429. The molecule has 0 saturated carbocycles. The number of aliphatic imine (C=N–C) groups is 1. The number of ether oxygens (including phenoxy) is 2. The van der Waals surface area contributed by atoms with Gasteiger partial charge in [-0.25, -0.2) is 9.78 Å². The van der Waals surface area contributed by atoms with Crippen LogP contribution in [0.1, 0.15) is 45.8 Å². The van der Waals surface area contributed by atoms with Gasteiger partial charge in [-0.05, 0) is 38.5 Å². The molecule has 0 aliphatic rings. The normalized spacial score (nSPS) is 11.7. The van der Waals surface area contributed by atoms with Gasteiger partial charge in [-0.1, -0.05) is 12.1 Å². The summed E-state index contributed by atoms with van der Waals surface area (Å²) in [4.78, 5) is 33.2. The molecule has 1 atom stereocenters. The van der Waals surface area contributed by atoms with E-state index in [1.54, 1.807) is 28.0 Å². The molecule has 0 spiro atoms. The third-order valence-electron chi connectivity index (χ3n) is 4.29. The van der Waals surface area contributed by atoms with Crippen LogP contribution in [0.2, 0.25) is 0 Å². The number of benzene rings is 1. The van der Waals surface area contributed by atoms with E-state index in [-0.39, 0.29) is 48.4 Å². The summed E-state index contributed by atoms with van der Waals surface area (Å²) < 4.78 is 10.2. The average Bonchev–Trinajstić information content (AvgIpc) is 3.17. The predicted molar refractivity (Wildman–Crippen MR) is 136 cm³/mol. The molecule has 0 fully saturated rings. The number of aryl methyl sites for hydroxylation is 1. The maximum Gasteiger partial charge on any atom is 0.350 e. The molecule has 1 aromatic carbocycles. The summed E-state index contributed by atoms with van der Waals surface area (Å²) in [6.45, 7) is 6.25. The lowest BCUT2D eigenvalue weighted by Gasteiger charge is -2.16. The van der Waals surface area contributed by atoms with E-state index < -0.39 is 0 Å². The SMILES string of the molecule is CCOC(=O)c1sc(C(C)NC(=NC)NCC(=O)NCc2ccc(OC)cc2)nc1C.I. The standard InChI is InChI=1S/C21H29N5O4S.HI/c1-6-30-20(28)18-13(2)25-19(31-18)14(3)26-21(22-4)24-12-17(27)23-11-15-7-9-16(29-5)10-8-15;/h7-10,14H,6,11-12H2,1-5H3,(H,23,27)(H2,22,24,26);1H. The lowest BCUT2D eigenvalue weighted by Crippen LogP contribution is -2.43. The van der Waals surface area contributed by atoms with Crippen molar-refractivity contribution in [3.05, 3.63) is 45.4 Å². The summed E-state index contributed by atoms with van der Waals surface area (Å²) in [5.41, 5.74) is 1.61. The minimum atomic E-state index is -0.369. The molecule has 176 valence electrons. The second-order valence-electron chi connectivity index (χ2n) is 6.60. The van der Waals surface area contributed by atoms with Gasteiger partial charge in [0.1, 0.15) is 15.6 Å². The van der Waals surface area contributed by atoms with Crippen LogP contribution in [0.25, 0.3) is 0 Å². The van der Waals surface area contributed by atoms with Crippen LogP contribution >= 0.6 is 35.3 Å². The second-order valence-corrected chi connectivity index (χ2v) is 7.63. The van der Waals surface area contributed by atoms with Crippen LogP contribution in [-0.4, -0.2) is 50.1 Å². The third kappa shape index (κ3) is 8.26. The molecule has 1 heterocycles. The first-order valence-electron chi connectivity index (χ1n) is 9.89. The van der Waals surface area contributed by atoms with Crippen molar-refractivity contribution in [2.24, 2.45) is 4.99 Å². The molecule has 0 saturated heterocycles. The van der Waals surface area contributed by atoms with Gasteiger partial charge in [-0.3, -0.25) is 9.79 Å². The zero-order valence-electron chi connectivity index (χ0n) is 18.9. The third-order valence-corrected chi connectivity index (χ3v) is 5.61. The number of nitrogens with zero attached hydrogens (tertiary/aromatic N) is 2. The Morgan fingerprint density at radius 1 is 1.22 bits per heavy atom. The largest absolute Gasteiger partial charge is 0.497 e. The number of aromatic nitrogens is 1. The van der Waals surface area contributed by atoms with Gasteiger partial charge >= 0.3 is 5.97 Å². The summed E-state index contributed by atoms with van der Waals surface area (Å²) in [7, 11) is 3.23. The van der Waals surface area contributed by atoms with Crippen molar-refractivity contribution in [1.29, 1.82) is 0 Å². The van der Waals surface area contributed by atoms with Gasteiger partial charge in [0.15, 0.2) is 5.96 Å². The number of esters is 1. The maximum atomic E-state index is 12.2. The number of hydrogen-bond donors (Lipinski definition) is 3. The Morgan fingerprint density at radius 3 is 2.50 bits per heavy atom. The van der Waals surface area contributed by atoms with Crippen LogP contribution in [-0.2, 0) is 16.1 Å². The van der Waals surface area contributed by atoms with Crippen LogP contribution in [0.15, 0.2) is 29.3 Å². The number of halogens is 1. The molecule has 3 N–H and O–H groups in total. The molecular weight excluding hydrogens is 545 g/mol. The molecule has 1 unspecified atom stereocenters. The van der Waals surface area contributed by atoms with Crippen molar-refractivity contribution in [1.82, 2.24) is 20.9 Å². The molecule has 0 bridgehead atoms. The topological polar surface area (TPSA) is 114 Å². The molecule has 9 nitrogen and oxygen atoms in total. The minimum absolute atomic E-state index is 0. The van der Waals surface area contributed by atoms with Gasteiger partial charge in [0, 0.05) is 13.6 Å². The summed E-state index contributed by atoms with van der Waals surface area (Å²) >= 11 is 1.28. The lowest BCUT2D eigenvalue weighted by molar-refractivity contribution is -0.120. The average molecular weight is 575 g/mol. The number of guanidine groups is 1. The number of methoxy groups -OCH3 is 1. The van der Waals surface area contributed by atoms with Gasteiger partial charge in [0.2, 0.25) is 5.91 Å². The first-order chi connectivity index (χ1) is 14.9. The van der Waals surface area contributed by atoms with Gasteiger partial charge in [0.25, 0.3) is 0 Å². The van der Waals surface area contributed by atoms with Crippen LogP contribution in [0.5, 0.6) is 5.75 Å². The zero-order chi connectivity index (χ0) is 22.8. The van der Waals surface area contributed by atoms with Crippen molar-refractivity contribution in [2.75, 3.05) is 27.3 Å². The number of hydrogen-bond acceptors (Lipinski definition) is 7. The van der Waals surface area contributed by atoms with Gasteiger partial charge < -0.3 is 25.4 Å². The number of thiazole rings is 1. The van der Waals surface area contributed by atoms with Crippen molar-refractivity contribution in [3.63, 3.8) is 0 Å². The zero-order valence-corrected chi connectivity index (χ0v) is 22.0. The van der Waals surface area contributed by atoms with Crippen molar-refractivity contribution in [3.8, 4) is 5.75 Å². The van der Waals surface area contributed by atoms with E-state index in [0.29, 0.717) is 29.7 Å². The molecule has 0 aliphatic carbocycles. The summed E-state index contributed by atoms with van der Waals surface area (Å²) in [5, 5.41) is 9.74. The van der Waals surface area contributed by atoms with E-state index in [0.717, 1.165) is 16.3 Å². The Bertz CT molecular complexity index is 917. The summed E-state index contributed by atoms with van der Waals surface area (Å²) in [6, 6.07) is 7.28.